The van der Waals surface area contributed by atoms with Crippen molar-refractivity contribution in [3.8, 4) is 5.75 Å². The van der Waals surface area contributed by atoms with Gasteiger partial charge >= 0.3 is 5.97 Å². The molecular formula is C23H33N3O5S. The number of hydrogen-bond acceptors (Lipinski definition) is 6. The number of thiocarbonyl (C=S) groups is 1. The van der Waals surface area contributed by atoms with Crippen LogP contribution in [-0.4, -0.2) is 59.6 Å². The number of nitrogens with one attached hydrogen (secondary N) is 2. The quantitative estimate of drug-likeness (QED) is 0.313. The minimum Gasteiger partial charge on any atom is -0.491 e. The van der Waals surface area contributed by atoms with Crippen LogP contribution in [0.25, 0.3) is 0 Å². The Morgan fingerprint density at radius 1 is 1.25 bits per heavy atom. The Bertz CT molecular complexity index is 799. The van der Waals surface area contributed by atoms with Crippen molar-refractivity contribution in [1.29, 1.82) is 0 Å². The Kier molecular flexibility index (Phi) is 10.4. The van der Waals surface area contributed by atoms with Gasteiger partial charge in [0.15, 0.2) is 5.11 Å². The van der Waals surface area contributed by atoms with E-state index in [4.69, 9.17) is 21.7 Å². The summed E-state index contributed by atoms with van der Waals surface area (Å²) in [6, 6.07) is 5.96. The molecule has 1 aromatic carbocycles. The Labute approximate surface area is 195 Å². The molecule has 2 rings (SSSR count). The minimum atomic E-state index is -0.818. The number of amides is 2. The first kappa shape index (κ1) is 25.6. The van der Waals surface area contributed by atoms with E-state index in [0.717, 1.165) is 25.7 Å². The summed E-state index contributed by atoms with van der Waals surface area (Å²) in [5.74, 6) is -0.482. The van der Waals surface area contributed by atoms with Crippen molar-refractivity contribution in [2.24, 2.45) is 0 Å². The summed E-state index contributed by atoms with van der Waals surface area (Å²) in [6.45, 7) is 7.17. The van der Waals surface area contributed by atoms with Crippen LogP contribution in [0.2, 0.25) is 0 Å². The summed E-state index contributed by atoms with van der Waals surface area (Å²) in [6.07, 6.45) is 3.63. The number of hydrogen-bond donors (Lipinski definition) is 2. The molecule has 1 aliphatic rings. The Morgan fingerprint density at radius 3 is 2.62 bits per heavy atom. The highest BCUT2D eigenvalue weighted by Gasteiger charge is 2.34. The topological polar surface area (TPSA) is 97.0 Å². The zero-order valence-electron chi connectivity index (χ0n) is 19.0. The van der Waals surface area contributed by atoms with Gasteiger partial charge in [0.2, 0.25) is 5.91 Å². The van der Waals surface area contributed by atoms with Crippen LogP contribution >= 0.6 is 12.2 Å². The molecule has 32 heavy (non-hydrogen) atoms. The third-order valence-electron chi connectivity index (χ3n) is 5.21. The van der Waals surface area contributed by atoms with Crippen LogP contribution < -0.4 is 15.4 Å². The molecule has 2 unspecified atom stereocenters. The number of piperazine rings is 1. The Hall–Kier alpha value is -2.68. The molecule has 8 nitrogen and oxygen atoms in total. The van der Waals surface area contributed by atoms with Crippen LogP contribution in [0.5, 0.6) is 5.75 Å². The van der Waals surface area contributed by atoms with Crippen LogP contribution in [0.1, 0.15) is 63.2 Å². The summed E-state index contributed by atoms with van der Waals surface area (Å²) in [7, 11) is 0. The van der Waals surface area contributed by atoms with Crippen LogP contribution in [0.4, 0.5) is 0 Å². The van der Waals surface area contributed by atoms with Gasteiger partial charge in [-0.1, -0.05) is 26.7 Å². The van der Waals surface area contributed by atoms with Gasteiger partial charge in [-0.15, -0.1) is 0 Å². The molecule has 0 aliphatic carbocycles. The van der Waals surface area contributed by atoms with E-state index in [0.29, 0.717) is 31.0 Å². The molecule has 9 heteroatoms. The van der Waals surface area contributed by atoms with Gasteiger partial charge in [-0.2, -0.15) is 0 Å². The molecule has 0 aromatic heterocycles. The van der Waals surface area contributed by atoms with Crippen molar-refractivity contribution in [2.45, 2.75) is 65.0 Å². The second-order valence-electron chi connectivity index (χ2n) is 7.75. The number of esters is 1. The lowest BCUT2D eigenvalue weighted by Gasteiger charge is -2.36. The van der Waals surface area contributed by atoms with Gasteiger partial charge in [-0.25, -0.2) is 0 Å². The number of nitrogens with zero attached hydrogens (tertiary/aromatic N) is 1. The average Bonchev–Trinajstić information content (AvgIpc) is 2.78. The van der Waals surface area contributed by atoms with Gasteiger partial charge in [-0.05, 0) is 56.2 Å². The third-order valence-corrected chi connectivity index (χ3v) is 5.55. The van der Waals surface area contributed by atoms with Gasteiger partial charge in [0.1, 0.15) is 11.8 Å². The second kappa shape index (κ2) is 13.0. The monoisotopic (exact) mass is 463 g/mol. The van der Waals surface area contributed by atoms with Gasteiger partial charge in [0.05, 0.1) is 19.1 Å². The van der Waals surface area contributed by atoms with Crippen molar-refractivity contribution in [3.63, 3.8) is 0 Å². The molecule has 0 bridgehead atoms. The maximum atomic E-state index is 12.6. The standard InChI is InChI=1S/C23H33N3O5S/c1-4-6-7-14-30-20(27)15-19-22(29)24-12-13-26(19)23(32)25-21(28)17-8-10-18(11-9-17)31-16(3)5-2/h8-11,16,19H,4-7,12-15H2,1-3H3,(H,24,29)(H,25,28,32). The maximum Gasteiger partial charge on any atom is 0.308 e. The number of ether oxygens (including phenoxy) is 2. The first-order chi connectivity index (χ1) is 15.3. The van der Waals surface area contributed by atoms with Crippen LogP contribution in [-0.2, 0) is 14.3 Å². The molecule has 1 aromatic rings. The van der Waals surface area contributed by atoms with Crippen LogP contribution in [0.3, 0.4) is 0 Å². The smallest absolute Gasteiger partial charge is 0.308 e. The summed E-state index contributed by atoms with van der Waals surface area (Å²) in [4.78, 5) is 38.8. The molecular weight excluding hydrogens is 430 g/mol. The highest BCUT2D eigenvalue weighted by Crippen LogP contribution is 2.16. The normalized spacial score (nSPS) is 16.7. The lowest BCUT2D eigenvalue weighted by molar-refractivity contribution is -0.147. The number of unbranched alkanes of at least 4 members (excludes halogenated alkanes) is 2. The second-order valence-corrected chi connectivity index (χ2v) is 8.14. The number of carbonyl (C=O) groups is 3. The fourth-order valence-electron chi connectivity index (χ4n) is 3.16. The first-order valence-electron chi connectivity index (χ1n) is 11.2. The first-order valence-corrected chi connectivity index (χ1v) is 11.6. The number of carbonyl (C=O) groups excluding carboxylic acids is 3. The molecule has 2 atom stereocenters. The lowest BCUT2D eigenvalue weighted by atomic mass is 10.1. The predicted molar refractivity (Wildman–Crippen MR) is 125 cm³/mol. The molecule has 0 radical (unpaired) electrons. The molecule has 1 saturated heterocycles. The van der Waals surface area contributed by atoms with E-state index >= 15 is 0 Å². The summed E-state index contributed by atoms with van der Waals surface area (Å²) < 4.78 is 11.0. The fraction of sp³-hybridized carbons (Fsp3) is 0.565. The molecule has 2 N–H and O–H groups in total. The van der Waals surface area contributed by atoms with Gasteiger partial charge in [0.25, 0.3) is 5.91 Å². The zero-order valence-corrected chi connectivity index (χ0v) is 19.8. The fourth-order valence-corrected chi connectivity index (χ4v) is 3.47. The van der Waals surface area contributed by atoms with E-state index < -0.39 is 17.9 Å². The third kappa shape index (κ3) is 7.78. The van der Waals surface area contributed by atoms with E-state index in [1.165, 1.54) is 0 Å². The van der Waals surface area contributed by atoms with Gasteiger partial charge < -0.3 is 19.7 Å². The van der Waals surface area contributed by atoms with E-state index in [2.05, 4.69) is 17.6 Å². The largest absolute Gasteiger partial charge is 0.491 e. The summed E-state index contributed by atoms with van der Waals surface area (Å²) in [5.41, 5.74) is 0.414. The van der Waals surface area contributed by atoms with Crippen molar-refractivity contribution in [2.75, 3.05) is 19.7 Å². The average molecular weight is 464 g/mol. The minimum absolute atomic E-state index is 0.0859. The molecule has 1 fully saturated rings. The molecule has 0 spiro atoms. The molecule has 1 aliphatic heterocycles. The zero-order chi connectivity index (χ0) is 23.5. The predicted octanol–water partition coefficient (Wildman–Crippen LogP) is 2.80. The summed E-state index contributed by atoms with van der Waals surface area (Å²) in [5, 5.41) is 5.51. The highest BCUT2D eigenvalue weighted by molar-refractivity contribution is 7.80. The van der Waals surface area contributed by atoms with Gasteiger partial charge in [0, 0.05) is 18.7 Å². The number of rotatable bonds is 10. The van der Waals surface area contributed by atoms with Crippen LogP contribution in [0, 0.1) is 0 Å². The number of benzene rings is 1. The van der Waals surface area contributed by atoms with Crippen molar-refractivity contribution in [3.05, 3.63) is 29.8 Å². The van der Waals surface area contributed by atoms with E-state index in [1.807, 2.05) is 13.8 Å². The molecule has 2 amide bonds. The Balaban J connectivity index is 1.95. The molecule has 0 saturated carbocycles. The lowest BCUT2D eigenvalue weighted by Crippen LogP contribution is -2.60. The van der Waals surface area contributed by atoms with E-state index in [9.17, 15) is 14.4 Å². The van der Waals surface area contributed by atoms with E-state index in [-0.39, 0.29) is 23.5 Å². The Morgan fingerprint density at radius 2 is 1.97 bits per heavy atom. The SMILES string of the molecule is CCCCCOC(=O)CC1C(=O)NCCN1C(=S)NC(=O)c1ccc(OC(C)CC)cc1. The van der Waals surface area contributed by atoms with E-state index in [1.54, 1.807) is 29.2 Å². The molecule has 1 heterocycles. The van der Waals surface area contributed by atoms with Crippen molar-refractivity contribution < 1.29 is 23.9 Å². The highest BCUT2D eigenvalue weighted by atomic mass is 32.1. The van der Waals surface area contributed by atoms with Crippen molar-refractivity contribution >= 4 is 35.1 Å². The molecule has 176 valence electrons. The van der Waals surface area contributed by atoms with Gasteiger partial charge in [-0.3, -0.25) is 19.7 Å². The van der Waals surface area contributed by atoms with Crippen molar-refractivity contribution in [1.82, 2.24) is 15.5 Å². The van der Waals surface area contributed by atoms with Crippen LogP contribution in [0.15, 0.2) is 24.3 Å². The maximum absolute atomic E-state index is 12.6. The summed E-state index contributed by atoms with van der Waals surface area (Å²) >= 11 is 5.39.